The van der Waals surface area contributed by atoms with Gasteiger partial charge in [0.1, 0.15) is 0 Å². The minimum atomic E-state index is -0.229. The fourth-order valence-corrected chi connectivity index (χ4v) is 2.29. The number of nitrogens with one attached hydrogen (secondary N) is 1. The van der Waals surface area contributed by atoms with E-state index >= 15 is 0 Å². The molecule has 1 aromatic carbocycles. The molecule has 0 unspecified atom stereocenters. The normalized spacial score (nSPS) is 14.3. The highest BCUT2D eigenvalue weighted by molar-refractivity contribution is 6.42. The van der Waals surface area contributed by atoms with Gasteiger partial charge in [0, 0.05) is 12.6 Å². The van der Waals surface area contributed by atoms with Crippen LogP contribution in [0.2, 0.25) is 10.0 Å². The zero-order valence-electron chi connectivity index (χ0n) is 10.4. The summed E-state index contributed by atoms with van der Waals surface area (Å²) < 4.78 is 0. The van der Waals surface area contributed by atoms with E-state index in [-0.39, 0.29) is 17.8 Å². The lowest BCUT2D eigenvalue weighted by Crippen LogP contribution is -2.33. The van der Waals surface area contributed by atoms with E-state index in [1.807, 2.05) is 6.07 Å². The summed E-state index contributed by atoms with van der Waals surface area (Å²) in [6.45, 7) is 0.453. The van der Waals surface area contributed by atoms with E-state index in [1.54, 1.807) is 17.0 Å². The minimum absolute atomic E-state index is 0.0805. The molecule has 1 aliphatic carbocycles. The number of aromatic amines is 1. The summed E-state index contributed by atoms with van der Waals surface area (Å²) in [7, 11) is 0. The van der Waals surface area contributed by atoms with Gasteiger partial charge in [-0.15, -0.1) is 10.2 Å². The van der Waals surface area contributed by atoms with Crippen LogP contribution in [0.4, 0.5) is 0 Å². The number of aromatic nitrogens is 4. The van der Waals surface area contributed by atoms with Crippen LogP contribution in [0, 0.1) is 0 Å². The van der Waals surface area contributed by atoms with Crippen molar-refractivity contribution in [2.75, 3.05) is 0 Å². The van der Waals surface area contributed by atoms with Crippen molar-refractivity contribution < 1.29 is 4.79 Å². The molecule has 104 valence electrons. The molecule has 1 amide bonds. The van der Waals surface area contributed by atoms with Gasteiger partial charge >= 0.3 is 0 Å². The predicted octanol–water partition coefficient (Wildman–Crippen LogP) is 2.31. The highest BCUT2D eigenvalue weighted by Crippen LogP contribution is 2.30. The van der Waals surface area contributed by atoms with Crippen molar-refractivity contribution in [1.29, 1.82) is 0 Å². The molecule has 3 rings (SSSR count). The number of rotatable bonds is 4. The molecule has 1 saturated carbocycles. The second kappa shape index (κ2) is 5.38. The largest absolute Gasteiger partial charge is 0.328 e. The van der Waals surface area contributed by atoms with Crippen LogP contribution < -0.4 is 0 Å². The molecule has 1 heterocycles. The first-order chi connectivity index (χ1) is 9.65. The van der Waals surface area contributed by atoms with Gasteiger partial charge in [-0.3, -0.25) is 4.79 Å². The van der Waals surface area contributed by atoms with Crippen molar-refractivity contribution in [3.8, 4) is 0 Å². The van der Waals surface area contributed by atoms with Gasteiger partial charge in [-0.1, -0.05) is 29.3 Å². The van der Waals surface area contributed by atoms with E-state index < -0.39 is 0 Å². The molecule has 0 spiro atoms. The number of hydrogen-bond donors (Lipinski definition) is 1. The van der Waals surface area contributed by atoms with E-state index in [4.69, 9.17) is 23.2 Å². The molecule has 20 heavy (non-hydrogen) atoms. The van der Waals surface area contributed by atoms with E-state index in [9.17, 15) is 4.79 Å². The second-order valence-corrected chi connectivity index (χ2v) is 5.46. The summed E-state index contributed by atoms with van der Waals surface area (Å²) in [5.74, 6) is -0.149. The van der Waals surface area contributed by atoms with Crippen LogP contribution in [-0.2, 0) is 6.54 Å². The van der Waals surface area contributed by atoms with E-state index in [0.717, 1.165) is 18.4 Å². The first-order valence-electron chi connectivity index (χ1n) is 6.13. The van der Waals surface area contributed by atoms with Gasteiger partial charge in [-0.2, -0.15) is 5.21 Å². The lowest BCUT2D eigenvalue weighted by molar-refractivity contribution is 0.0717. The lowest BCUT2D eigenvalue weighted by Gasteiger charge is -2.21. The van der Waals surface area contributed by atoms with Gasteiger partial charge in [0.15, 0.2) is 0 Å². The lowest BCUT2D eigenvalue weighted by atomic mass is 10.2. The van der Waals surface area contributed by atoms with Crippen molar-refractivity contribution in [2.24, 2.45) is 0 Å². The first-order valence-corrected chi connectivity index (χ1v) is 6.89. The SMILES string of the molecule is O=C(c1nn[nH]n1)N(Cc1ccc(Cl)c(Cl)c1)C1CC1. The first kappa shape index (κ1) is 13.3. The van der Waals surface area contributed by atoms with Crippen LogP contribution in [0.3, 0.4) is 0 Å². The third-order valence-electron chi connectivity index (χ3n) is 3.12. The number of H-pyrrole nitrogens is 1. The van der Waals surface area contributed by atoms with Crippen molar-refractivity contribution in [1.82, 2.24) is 25.5 Å². The zero-order chi connectivity index (χ0) is 14.1. The number of carbonyl (C=O) groups excluding carboxylic acids is 1. The number of carbonyl (C=O) groups is 1. The molecule has 0 saturated heterocycles. The summed E-state index contributed by atoms with van der Waals surface area (Å²) in [6.07, 6.45) is 1.98. The van der Waals surface area contributed by atoms with Crippen LogP contribution in [0.5, 0.6) is 0 Å². The molecular weight excluding hydrogens is 301 g/mol. The number of hydrogen-bond acceptors (Lipinski definition) is 4. The maximum absolute atomic E-state index is 12.3. The van der Waals surface area contributed by atoms with Crippen LogP contribution in [0.15, 0.2) is 18.2 Å². The summed E-state index contributed by atoms with van der Waals surface area (Å²) in [5.41, 5.74) is 0.920. The van der Waals surface area contributed by atoms with E-state index in [2.05, 4.69) is 20.6 Å². The highest BCUT2D eigenvalue weighted by atomic mass is 35.5. The minimum Gasteiger partial charge on any atom is -0.328 e. The molecule has 0 radical (unpaired) electrons. The molecular formula is C12H11Cl2N5O. The molecule has 1 aromatic heterocycles. The van der Waals surface area contributed by atoms with Gasteiger partial charge in [-0.25, -0.2) is 0 Å². The summed E-state index contributed by atoms with van der Waals surface area (Å²) in [4.78, 5) is 14.1. The van der Waals surface area contributed by atoms with Crippen LogP contribution in [0.25, 0.3) is 0 Å². The fourth-order valence-electron chi connectivity index (χ4n) is 1.97. The standard InChI is InChI=1S/C12H11Cl2N5O/c13-9-4-1-7(5-10(9)14)6-19(8-2-3-8)12(20)11-15-17-18-16-11/h1,4-5,8H,2-3,6H2,(H,15,16,17,18). The number of amides is 1. The van der Waals surface area contributed by atoms with Crippen molar-refractivity contribution in [3.05, 3.63) is 39.6 Å². The molecule has 0 bridgehead atoms. The Bertz CT molecular complexity index is 627. The van der Waals surface area contributed by atoms with E-state index in [0.29, 0.717) is 16.6 Å². The van der Waals surface area contributed by atoms with Crippen molar-refractivity contribution in [3.63, 3.8) is 0 Å². The van der Waals surface area contributed by atoms with Gasteiger partial charge in [0.25, 0.3) is 11.7 Å². The quantitative estimate of drug-likeness (QED) is 0.940. The Morgan fingerprint density at radius 3 is 2.75 bits per heavy atom. The molecule has 8 heteroatoms. The average Bonchev–Trinajstić information content (AvgIpc) is 3.13. The van der Waals surface area contributed by atoms with Gasteiger partial charge in [0.2, 0.25) is 0 Å². The molecule has 6 nitrogen and oxygen atoms in total. The Morgan fingerprint density at radius 2 is 2.15 bits per heavy atom. The molecule has 1 fully saturated rings. The molecule has 1 aliphatic rings. The average molecular weight is 312 g/mol. The monoisotopic (exact) mass is 311 g/mol. The molecule has 0 atom stereocenters. The third-order valence-corrected chi connectivity index (χ3v) is 3.86. The van der Waals surface area contributed by atoms with E-state index in [1.165, 1.54) is 0 Å². The third kappa shape index (κ3) is 2.76. The smallest absolute Gasteiger partial charge is 0.296 e. The maximum Gasteiger partial charge on any atom is 0.296 e. The molecule has 2 aromatic rings. The topological polar surface area (TPSA) is 74.8 Å². The Hall–Kier alpha value is -1.66. The predicted molar refractivity (Wildman–Crippen MR) is 73.5 cm³/mol. The number of benzene rings is 1. The zero-order valence-corrected chi connectivity index (χ0v) is 11.9. The van der Waals surface area contributed by atoms with Crippen molar-refractivity contribution >= 4 is 29.1 Å². The molecule has 1 N–H and O–H groups in total. The van der Waals surface area contributed by atoms with Gasteiger partial charge in [-0.05, 0) is 35.8 Å². The number of tetrazole rings is 1. The fraction of sp³-hybridized carbons (Fsp3) is 0.333. The van der Waals surface area contributed by atoms with Crippen LogP contribution in [-0.4, -0.2) is 37.5 Å². The Labute approximate surface area is 125 Å². The summed E-state index contributed by atoms with van der Waals surface area (Å²) >= 11 is 11.9. The highest BCUT2D eigenvalue weighted by Gasteiger charge is 2.34. The second-order valence-electron chi connectivity index (χ2n) is 4.65. The van der Waals surface area contributed by atoms with Crippen molar-refractivity contribution in [2.45, 2.75) is 25.4 Å². The number of nitrogens with zero attached hydrogens (tertiary/aromatic N) is 4. The van der Waals surface area contributed by atoms with Crippen LogP contribution in [0.1, 0.15) is 29.0 Å². The summed E-state index contributed by atoms with van der Waals surface area (Å²) in [6, 6.07) is 5.58. The maximum atomic E-state index is 12.3. The Kier molecular flexibility index (Phi) is 3.58. The Morgan fingerprint density at radius 1 is 1.35 bits per heavy atom. The van der Waals surface area contributed by atoms with Crippen LogP contribution >= 0.6 is 23.2 Å². The molecule has 0 aliphatic heterocycles. The number of halogens is 2. The Balaban J connectivity index is 1.81. The van der Waals surface area contributed by atoms with Gasteiger partial charge in [0.05, 0.1) is 10.0 Å². The van der Waals surface area contributed by atoms with Gasteiger partial charge < -0.3 is 4.90 Å². The summed E-state index contributed by atoms with van der Waals surface area (Å²) in [5, 5.41) is 14.2.